The molecule has 106 valence electrons. The average molecular weight is 293 g/mol. The molecule has 5 heteroatoms. The molecule has 0 spiro atoms. The van der Waals surface area contributed by atoms with Crippen LogP contribution in [-0.2, 0) is 9.53 Å². The fourth-order valence-corrected chi connectivity index (χ4v) is 2.80. The lowest BCUT2D eigenvalue weighted by atomic mass is 9.86. The summed E-state index contributed by atoms with van der Waals surface area (Å²) in [6.07, 6.45) is 3.49. The molecule has 0 radical (unpaired) electrons. The Morgan fingerprint density at radius 1 is 1.40 bits per heavy atom. The summed E-state index contributed by atoms with van der Waals surface area (Å²) >= 11 is 6.14. The van der Waals surface area contributed by atoms with Gasteiger partial charge in [0, 0.05) is 6.04 Å². The molecular formula is C15H17ClN2O2. The van der Waals surface area contributed by atoms with Gasteiger partial charge in [-0.25, -0.2) is 0 Å². The summed E-state index contributed by atoms with van der Waals surface area (Å²) in [7, 11) is 1.43. The minimum absolute atomic E-state index is 0.0227. The van der Waals surface area contributed by atoms with E-state index in [2.05, 4.69) is 11.4 Å². The van der Waals surface area contributed by atoms with Crippen molar-refractivity contribution < 1.29 is 9.53 Å². The van der Waals surface area contributed by atoms with Gasteiger partial charge in [-0.3, -0.25) is 4.79 Å². The molecule has 0 saturated heterocycles. The van der Waals surface area contributed by atoms with Gasteiger partial charge in [0.15, 0.2) is 0 Å². The molecule has 1 aromatic carbocycles. The first-order chi connectivity index (χ1) is 9.63. The van der Waals surface area contributed by atoms with Gasteiger partial charge >= 0.3 is 5.97 Å². The molecule has 0 atom stereocenters. The number of esters is 1. The number of carbonyl (C=O) groups excluding carboxylic acids is 1. The lowest BCUT2D eigenvalue weighted by Crippen LogP contribution is -2.30. The van der Waals surface area contributed by atoms with E-state index >= 15 is 0 Å². The standard InChI is InChI=1S/C15H17ClN2O2/c1-20-15(19)11-3-5-12(6-4-11)18-14-7-2-10(9-17)8-13(14)16/h2,7-8,11-12,18H,3-6H2,1H3. The van der Waals surface area contributed by atoms with E-state index in [0.717, 1.165) is 31.4 Å². The van der Waals surface area contributed by atoms with Gasteiger partial charge in [0.05, 0.1) is 35.4 Å². The summed E-state index contributed by atoms with van der Waals surface area (Å²) in [5.41, 5.74) is 1.39. The molecule has 1 aliphatic carbocycles. The van der Waals surface area contributed by atoms with E-state index in [4.69, 9.17) is 21.6 Å². The monoisotopic (exact) mass is 292 g/mol. The Morgan fingerprint density at radius 2 is 2.10 bits per heavy atom. The first-order valence-electron chi connectivity index (χ1n) is 6.68. The van der Waals surface area contributed by atoms with Crippen LogP contribution in [0, 0.1) is 17.2 Å². The zero-order valence-corrected chi connectivity index (χ0v) is 12.1. The van der Waals surface area contributed by atoms with Gasteiger partial charge in [0.2, 0.25) is 0 Å². The fourth-order valence-electron chi connectivity index (χ4n) is 2.56. The molecule has 0 amide bonds. The van der Waals surface area contributed by atoms with Crippen LogP contribution in [0.4, 0.5) is 5.69 Å². The molecule has 20 heavy (non-hydrogen) atoms. The number of anilines is 1. The minimum atomic E-state index is -0.111. The first kappa shape index (κ1) is 14.7. The highest BCUT2D eigenvalue weighted by atomic mass is 35.5. The van der Waals surface area contributed by atoms with Crippen molar-refractivity contribution in [2.24, 2.45) is 5.92 Å². The minimum Gasteiger partial charge on any atom is -0.469 e. The molecule has 4 nitrogen and oxygen atoms in total. The number of rotatable bonds is 3. The van der Waals surface area contributed by atoms with Crippen molar-refractivity contribution >= 4 is 23.3 Å². The van der Waals surface area contributed by atoms with Crippen LogP contribution in [0.2, 0.25) is 5.02 Å². The highest BCUT2D eigenvalue weighted by Crippen LogP contribution is 2.30. The topological polar surface area (TPSA) is 62.1 Å². The second-order valence-corrected chi connectivity index (χ2v) is 5.43. The molecule has 1 aliphatic rings. The summed E-state index contributed by atoms with van der Waals surface area (Å²) in [5, 5.41) is 12.7. The van der Waals surface area contributed by atoms with Crippen LogP contribution in [0.3, 0.4) is 0 Å². The summed E-state index contributed by atoms with van der Waals surface area (Å²) < 4.78 is 4.78. The molecule has 0 unspecified atom stereocenters. The number of halogens is 1. The van der Waals surface area contributed by atoms with Crippen LogP contribution in [0.25, 0.3) is 0 Å². The quantitative estimate of drug-likeness (QED) is 0.868. The summed E-state index contributed by atoms with van der Waals surface area (Å²) in [6.45, 7) is 0. The molecule has 0 heterocycles. The Bertz CT molecular complexity index is 531. The van der Waals surface area contributed by atoms with Gasteiger partial charge in [-0.15, -0.1) is 0 Å². The highest BCUT2D eigenvalue weighted by Gasteiger charge is 2.26. The van der Waals surface area contributed by atoms with Crippen molar-refractivity contribution in [2.75, 3.05) is 12.4 Å². The predicted molar refractivity (Wildman–Crippen MR) is 77.6 cm³/mol. The zero-order valence-electron chi connectivity index (χ0n) is 11.4. The van der Waals surface area contributed by atoms with Crippen molar-refractivity contribution in [1.82, 2.24) is 0 Å². The Kier molecular flexibility index (Phi) is 4.86. The van der Waals surface area contributed by atoms with E-state index in [-0.39, 0.29) is 11.9 Å². The second-order valence-electron chi connectivity index (χ2n) is 5.02. The van der Waals surface area contributed by atoms with Crippen LogP contribution in [0.15, 0.2) is 18.2 Å². The Morgan fingerprint density at radius 3 is 2.65 bits per heavy atom. The van der Waals surface area contributed by atoms with Crippen molar-refractivity contribution in [2.45, 2.75) is 31.7 Å². The van der Waals surface area contributed by atoms with E-state index < -0.39 is 0 Å². The lowest BCUT2D eigenvalue weighted by Gasteiger charge is -2.28. The maximum Gasteiger partial charge on any atom is 0.308 e. The van der Waals surface area contributed by atoms with Gasteiger partial charge in [0.25, 0.3) is 0 Å². The number of carbonyl (C=O) groups is 1. The molecule has 0 aromatic heterocycles. The maximum atomic E-state index is 11.5. The molecule has 1 fully saturated rings. The van der Waals surface area contributed by atoms with E-state index in [0.29, 0.717) is 16.6 Å². The molecule has 0 aliphatic heterocycles. The third-order valence-corrected chi connectivity index (χ3v) is 4.03. The number of nitriles is 1. The van der Waals surface area contributed by atoms with Crippen LogP contribution in [0.5, 0.6) is 0 Å². The van der Waals surface area contributed by atoms with E-state index in [1.54, 1.807) is 12.1 Å². The second kappa shape index (κ2) is 6.62. The molecule has 1 N–H and O–H groups in total. The molecule has 2 rings (SSSR count). The van der Waals surface area contributed by atoms with Crippen molar-refractivity contribution in [3.63, 3.8) is 0 Å². The van der Waals surface area contributed by atoms with Crippen LogP contribution in [0.1, 0.15) is 31.2 Å². The molecule has 0 bridgehead atoms. The molecule has 1 saturated carbocycles. The number of nitrogens with one attached hydrogen (secondary N) is 1. The predicted octanol–water partition coefficient (Wildman–Crippen LogP) is 3.36. The SMILES string of the molecule is COC(=O)C1CCC(Nc2ccc(C#N)cc2Cl)CC1. The number of benzene rings is 1. The Hall–Kier alpha value is -1.73. The number of hydrogen-bond acceptors (Lipinski definition) is 4. The summed E-state index contributed by atoms with van der Waals surface area (Å²) in [5.74, 6) is -0.0886. The number of nitrogens with zero attached hydrogens (tertiary/aromatic N) is 1. The van der Waals surface area contributed by atoms with Crippen molar-refractivity contribution in [3.05, 3.63) is 28.8 Å². The van der Waals surface area contributed by atoms with Crippen molar-refractivity contribution in [1.29, 1.82) is 5.26 Å². The van der Waals surface area contributed by atoms with Gasteiger partial charge in [0.1, 0.15) is 0 Å². The number of ether oxygens (including phenoxy) is 1. The van der Waals surface area contributed by atoms with E-state index in [1.165, 1.54) is 7.11 Å². The Labute approximate surface area is 123 Å². The fraction of sp³-hybridized carbons (Fsp3) is 0.467. The van der Waals surface area contributed by atoms with Crippen molar-refractivity contribution in [3.8, 4) is 6.07 Å². The largest absolute Gasteiger partial charge is 0.469 e. The lowest BCUT2D eigenvalue weighted by molar-refractivity contribution is -0.146. The van der Waals surface area contributed by atoms with E-state index in [1.807, 2.05) is 6.07 Å². The smallest absolute Gasteiger partial charge is 0.308 e. The maximum absolute atomic E-state index is 11.5. The Balaban J connectivity index is 1.93. The summed E-state index contributed by atoms with van der Waals surface area (Å²) in [6, 6.07) is 7.59. The first-order valence-corrected chi connectivity index (χ1v) is 7.06. The third kappa shape index (κ3) is 3.43. The number of methoxy groups -OCH3 is 1. The summed E-state index contributed by atoms with van der Waals surface area (Å²) in [4.78, 5) is 11.5. The zero-order chi connectivity index (χ0) is 14.5. The van der Waals surface area contributed by atoms with E-state index in [9.17, 15) is 4.79 Å². The number of hydrogen-bond donors (Lipinski definition) is 1. The molecular weight excluding hydrogens is 276 g/mol. The van der Waals surface area contributed by atoms with Crippen LogP contribution in [-0.4, -0.2) is 19.1 Å². The molecule has 1 aromatic rings. The third-order valence-electron chi connectivity index (χ3n) is 3.72. The van der Waals surface area contributed by atoms with Gasteiger partial charge in [-0.2, -0.15) is 5.26 Å². The average Bonchev–Trinajstić information content (AvgIpc) is 2.49. The van der Waals surface area contributed by atoms with Crippen LogP contribution >= 0.6 is 11.6 Å². The van der Waals surface area contributed by atoms with Gasteiger partial charge in [-0.1, -0.05) is 11.6 Å². The highest BCUT2D eigenvalue weighted by molar-refractivity contribution is 6.33. The van der Waals surface area contributed by atoms with Gasteiger partial charge in [-0.05, 0) is 43.9 Å². The normalized spacial score (nSPS) is 21.9. The van der Waals surface area contributed by atoms with Crippen LogP contribution < -0.4 is 5.32 Å². The van der Waals surface area contributed by atoms with Gasteiger partial charge < -0.3 is 10.1 Å².